The Morgan fingerprint density at radius 3 is 2.79 bits per heavy atom. The molecule has 1 saturated heterocycles. The lowest BCUT2D eigenvalue weighted by molar-refractivity contribution is 0.0942. The van der Waals surface area contributed by atoms with Gasteiger partial charge in [-0.25, -0.2) is 4.39 Å². The summed E-state index contributed by atoms with van der Waals surface area (Å²) in [6.45, 7) is 2.02. The summed E-state index contributed by atoms with van der Waals surface area (Å²) >= 11 is 5.76. The van der Waals surface area contributed by atoms with Gasteiger partial charge in [-0.2, -0.15) is 0 Å². The second kappa shape index (κ2) is 4.76. The summed E-state index contributed by atoms with van der Waals surface area (Å²) in [7, 11) is 0. The fourth-order valence-corrected chi connectivity index (χ4v) is 3.18. The van der Waals surface area contributed by atoms with E-state index in [-0.39, 0.29) is 22.4 Å². The minimum Gasteiger partial charge on any atom is -0.349 e. The summed E-state index contributed by atoms with van der Waals surface area (Å²) in [5, 5.41) is 6.56. The summed E-state index contributed by atoms with van der Waals surface area (Å²) in [5.74, 6) is -0.716. The molecule has 1 aliphatic carbocycles. The molecule has 1 aromatic carbocycles. The third kappa shape index (κ3) is 2.60. The van der Waals surface area contributed by atoms with Crippen LogP contribution in [0.5, 0.6) is 0 Å². The molecule has 0 aromatic heterocycles. The predicted molar refractivity (Wildman–Crippen MR) is 71.8 cm³/mol. The Bertz CT molecular complexity index is 494. The molecule has 2 fully saturated rings. The van der Waals surface area contributed by atoms with Gasteiger partial charge in [0.05, 0.1) is 0 Å². The van der Waals surface area contributed by atoms with Crippen LogP contribution >= 0.6 is 11.6 Å². The van der Waals surface area contributed by atoms with E-state index in [1.807, 2.05) is 0 Å². The largest absolute Gasteiger partial charge is 0.349 e. The van der Waals surface area contributed by atoms with Gasteiger partial charge in [0.15, 0.2) is 0 Å². The zero-order chi connectivity index (χ0) is 13.5. The van der Waals surface area contributed by atoms with E-state index in [4.69, 9.17) is 11.6 Å². The van der Waals surface area contributed by atoms with Gasteiger partial charge in [0.1, 0.15) is 5.82 Å². The van der Waals surface area contributed by atoms with E-state index in [0.29, 0.717) is 5.56 Å². The van der Waals surface area contributed by atoms with Crippen LogP contribution in [-0.4, -0.2) is 25.0 Å². The zero-order valence-corrected chi connectivity index (χ0v) is 11.3. The molecule has 3 nitrogen and oxygen atoms in total. The molecule has 3 rings (SSSR count). The molecule has 1 aromatic rings. The third-order valence-electron chi connectivity index (χ3n) is 4.22. The minimum atomic E-state index is -0.481. The van der Waals surface area contributed by atoms with Crippen LogP contribution in [0.1, 0.15) is 29.6 Å². The smallest absolute Gasteiger partial charge is 0.251 e. The second-order valence-electron chi connectivity index (χ2n) is 5.50. The first-order chi connectivity index (χ1) is 9.09. The maximum absolute atomic E-state index is 13.2. The highest BCUT2D eigenvalue weighted by molar-refractivity contribution is 6.31. The van der Waals surface area contributed by atoms with Crippen molar-refractivity contribution in [3.63, 3.8) is 0 Å². The number of carbonyl (C=O) groups is 1. The maximum atomic E-state index is 13.2. The lowest BCUT2D eigenvalue weighted by Gasteiger charge is -2.23. The average Bonchev–Trinajstić information content (AvgIpc) is 3.00. The van der Waals surface area contributed by atoms with Gasteiger partial charge in [0, 0.05) is 16.6 Å². The highest BCUT2D eigenvalue weighted by Crippen LogP contribution is 2.52. The molecule has 1 aliphatic heterocycles. The van der Waals surface area contributed by atoms with Crippen molar-refractivity contribution in [3.05, 3.63) is 34.6 Å². The number of halogens is 2. The molecular weight excluding hydrogens is 267 g/mol. The van der Waals surface area contributed by atoms with Crippen molar-refractivity contribution in [2.45, 2.75) is 25.3 Å². The topological polar surface area (TPSA) is 41.1 Å². The standard InChI is InChI=1S/C14H16ClFN2O/c15-10-5-9(6-11(16)7-10)13(19)18-12-8-14(12)1-3-17-4-2-14/h5-7,12,17H,1-4,8H2,(H,18,19)/t12-/m0/s1. The fourth-order valence-electron chi connectivity index (χ4n) is 2.96. The number of benzene rings is 1. The number of hydrogen-bond donors (Lipinski definition) is 2. The Balaban J connectivity index is 1.66. The monoisotopic (exact) mass is 282 g/mol. The molecule has 2 aliphatic rings. The van der Waals surface area contributed by atoms with Crippen LogP contribution in [0.2, 0.25) is 5.02 Å². The van der Waals surface area contributed by atoms with E-state index in [0.717, 1.165) is 32.4 Å². The molecule has 0 unspecified atom stereocenters. The molecule has 0 bridgehead atoms. The zero-order valence-electron chi connectivity index (χ0n) is 10.5. The van der Waals surface area contributed by atoms with Crippen LogP contribution in [0.4, 0.5) is 4.39 Å². The number of nitrogens with one attached hydrogen (secondary N) is 2. The molecule has 19 heavy (non-hydrogen) atoms. The Kier molecular flexibility index (Phi) is 3.23. The molecule has 102 valence electrons. The molecular formula is C14H16ClFN2O. The third-order valence-corrected chi connectivity index (χ3v) is 4.44. The summed E-state index contributed by atoms with van der Waals surface area (Å²) in [5.41, 5.74) is 0.568. The van der Waals surface area contributed by atoms with Gasteiger partial charge in [0.25, 0.3) is 5.91 Å². The molecule has 1 amide bonds. The van der Waals surface area contributed by atoms with Crippen LogP contribution in [0.25, 0.3) is 0 Å². The Morgan fingerprint density at radius 1 is 1.37 bits per heavy atom. The Morgan fingerprint density at radius 2 is 2.11 bits per heavy atom. The number of piperidine rings is 1. The molecule has 5 heteroatoms. The molecule has 1 heterocycles. The number of amides is 1. The van der Waals surface area contributed by atoms with Gasteiger partial charge in [-0.1, -0.05) is 11.6 Å². The van der Waals surface area contributed by atoms with E-state index < -0.39 is 5.82 Å². The van der Waals surface area contributed by atoms with E-state index >= 15 is 0 Å². The lowest BCUT2D eigenvalue weighted by Crippen LogP contribution is -2.36. The van der Waals surface area contributed by atoms with Crippen molar-refractivity contribution in [2.75, 3.05) is 13.1 Å². The van der Waals surface area contributed by atoms with Gasteiger partial charge in [-0.05, 0) is 56.0 Å². The van der Waals surface area contributed by atoms with E-state index in [1.54, 1.807) is 0 Å². The summed E-state index contributed by atoms with van der Waals surface area (Å²) < 4.78 is 13.2. The highest BCUT2D eigenvalue weighted by atomic mass is 35.5. The van der Waals surface area contributed by atoms with E-state index in [2.05, 4.69) is 10.6 Å². The van der Waals surface area contributed by atoms with Crippen molar-refractivity contribution in [1.82, 2.24) is 10.6 Å². The van der Waals surface area contributed by atoms with Gasteiger partial charge in [-0.3, -0.25) is 4.79 Å². The Hall–Kier alpha value is -1.13. The van der Waals surface area contributed by atoms with E-state index in [9.17, 15) is 9.18 Å². The number of rotatable bonds is 2. The van der Waals surface area contributed by atoms with Gasteiger partial charge >= 0.3 is 0 Å². The second-order valence-corrected chi connectivity index (χ2v) is 5.94. The Labute approximate surface area is 116 Å². The predicted octanol–water partition coefficient (Wildman–Crippen LogP) is 2.35. The SMILES string of the molecule is O=C(N[C@H]1CC12CCNCC2)c1cc(F)cc(Cl)c1. The van der Waals surface area contributed by atoms with Crippen LogP contribution in [0.15, 0.2) is 18.2 Å². The summed E-state index contributed by atoms with van der Waals surface area (Å²) in [6, 6.07) is 4.14. The van der Waals surface area contributed by atoms with Crippen LogP contribution < -0.4 is 10.6 Å². The van der Waals surface area contributed by atoms with Crippen molar-refractivity contribution in [1.29, 1.82) is 0 Å². The van der Waals surface area contributed by atoms with Crippen LogP contribution in [0, 0.1) is 11.2 Å². The van der Waals surface area contributed by atoms with Crippen molar-refractivity contribution < 1.29 is 9.18 Å². The number of hydrogen-bond acceptors (Lipinski definition) is 2. The summed E-state index contributed by atoms with van der Waals surface area (Å²) in [4.78, 5) is 12.1. The van der Waals surface area contributed by atoms with Crippen LogP contribution in [-0.2, 0) is 0 Å². The molecule has 1 spiro atoms. The minimum absolute atomic E-state index is 0.226. The van der Waals surface area contributed by atoms with Crippen LogP contribution in [0.3, 0.4) is 0 Å². The molecule has 1 saturated carbocycles. The number of carbonyl (C=O) groups excluding carboxylic acids is 1. The first kappa shape index (κ1) is 12.9. The lowest BCUT2D eigenvalue weighted by atomic mass is 9.94. The van der Waals surface area contributed by atoms with Crippen molar-refractivity contribution in [2.24, 2.45) is 5.41 Å². The molecule has 1 atom stereocenters. The highest BCUT2D eigenvalue weighted by Gasteiger charge is 2.54. The first-order valence-corrected chi connectivity index (χ1v) is 6.95. The summed E-state index contributed by atoms with van der Waals surface area (Å²) in [6.07, 6.45) is 3.23. The van der Waals surface area contributed by atoms with Gasteiger partial charge < -0.3 is 10.6 Å². The quantitative estimate of drug-likeness (QED) is 0.874. The van der Waals surface area contributed by atoms with E-state index in [1.165, 1.54) is 18.2 Å². The normalized spacial score (nSPS) is 24.2. The average molecular weight is 283 g/mol. The first-order valence-electron chi connectivity index (χ1n) is 6.57. The van der Waals surface area contributed by atoms with Crippen molar-refractivity contribution in [3.8, 4) is 0 Å². The van der Waals surface area contributed by atoms with Gasteiger partial charge in [-0.15, -0.1) is 0 Å². The fraction of sp³-hybridized carbons (Fsp3) is 0.500. The molecule has 0 radical (unpaired) electrons. The van der Waals surface area contributed by atoms with Crippen molar-refractivity contribution >= 4 is 17.5 Å². The van der Waals surface area contributed by atoms with Gasteiger partial charge in [0.2, 0.25) is 0 Å². The maximum Gasteiger partial charge on any atom is 0.251 e. The molecule has 2 N–H and O–H groups in total.